The van der Waals surface area contributed by atoms with Gasteiger partial charge < -0.3 is 10.4 Å². The Kier molecular flexibility index (Phi) is 4.78. The van der Waals surface area contributed by atoms with Crippen molar-refractivity contribution in [3.05, 3.63) is 0 Å². The Morgan fingerprint density at radius 1 is 1.56 bits per heavy atom. The maximum Gasteiger partial charge on any atom is 0.220 e. The minimum atomic E-state index is -0.104. The van der Waals surface area contributed by atoms with Gasteiger partial charge in [0.05, 0.1) is 6.61 Å². The summed E-state index contributed by atoms with van der Waals surface area (Å²) in [6.07, 6.45) is 4.67. The highest BCUT2D eigenvalue weighted by Gasteiger charge is 2.38. The number of nitrogens with one attached hydrogen (secondary N) is 1. The Labute approximate surface area is 98.6 Å². The fourth-order valence-corrected chi connectivity index (χ4v) is 2.35. The van der Waals surface area contributed by atoms with Crippen molar-refractivity contribution in [3.8, 4) is 0 Å². The maximum atomic E-state index is 11.7. The molecule has 1 saturated carbocycles. The third kappa shape index (κ3) is 3.48. The zero-order valence-corrected chi connectivity index (χ0v) is 10.8. The Morgan fingerprint density at radius 3 is 2.81 bits per heavy atom. The Bertz CT molecular complexity index is 240. The topological polar surface area (TPSA) is 49.3 Å². The molecule has 0 saturated heterocycles. The lowest BCUT2D eigenvalue weighted by atomic mass is 9.85. The van der Waals surface area contributed by atoms with Crippen LogP contribution in [0.3, 0.4) is 0 Å². The molecule has 1 aliphatic carbocycles. The van der Waals surface area contributed by atoms with Gasteiger partial charge in [-0.25, -0.2) is 0 Å². The van der Waals surface area contributed by atoms with E-state index < -0.39 is 0 Å². The van der Waals surface area contributed by atoms with Gasteiger partial charge in [-0.2, -0.15) is 0 Å². The standard InChI is InChI=1S/C13H25NO2/c1-10(2)6-7-12(16)14-11-5-4-8-13(11,3)9-15/h10-11,15H,4-9H2,1-3H3,(H,14,16). The predicted octanol–water partition coefficient (Wildman–Crippen LogP) is 2.09. The monoisotopic (exact) mass is 227 g/mol. The van der Waals surface area contributed by atoms with Gasteiger partial charge in [-0.1, -0.05) is 27.2 Å². The summed E-state index contributed by atoms with van der Waals surface area (Å²) in [5.74, 6) is 0.707. The molecule has 2 unspecified atom stereocenters. The van der Waals surface area contributed by atoms with E-state index in [9.17, 15) is 9.90 Å². The summed E-state index contributed by atoms with van der Waals surface area (Å²) < 4.78 is 0. The largest absolute Gasteiger partial charge is 0.396 e. The lowest BCUT2D eigenvalue weighted by Gasteiger charge is -2.30. The van der Waals surface area contributed by atoms with Crippen LogP contribution in [0.25, 0.3) is 0 Å². The number of carbonyl (C=O) groups is 1. The third-order valence-electron chi connectivity index (χ3n) is 3.73. The maximum absolute atomic E-state index is 11.7. The molecule has 0 radical (unpaired) electrons. The van der Waals surface area contributed by atoms with E-state index in [0.717, 1.165) is 25.7 Å². The van der Waals surface area contributed by atoms with Gasteiger partial charge in [-0.3, -0.25) is 4.79 Å². The lowest BCUT2D eigenvalue weighted by molar-refractivity contribution is -0.122. The van der Waals surface area contributed by atoms with Crippen molar-refractivity contribution in [2.75, 3.05) is 6.61 Å². The molecule has 2 N–H and O–H groups in total. The lowest BCUT2D eigenvalue weighted by Crippen LogP contribution is -2.44. The highest BCUT2D eigenvalue weighted by atomic mass is 16.3. The first kappa shape index (κ1) is 13.5. The Balaban J connectivity index is 2.38. The second-order valence-electron chi connectivity index (χ2n) is 5.76. The third-order valence-corrected chi connectivity index (χ3v) is 3.73. The normalized spacial score (nSPS) is 29.7. The molecular formula is C13H25NO2. The van der Waals surface area contributed by atoms with E-state index in [1.165, 1.54) is 0 Å². The quantitative estimate of drug-likeness (QED) is 0.755. The first-order valence-corrected chi connectivity index (χ1v) is 6.38. The number of carbonyl (C=O) groups excluding carboxylic acids is 1. The van der Waals surface area contributed by atoms with Crippen molar-refractivity contribution >= 4 is 5.91 Å². The van der Waals surface area contributed by atoms with Gasteiger partial charge in [-0.05, 0) is 25.2 Å². The van der Waals surface area contributed by atoms with Gasteiger partial charge in [0.1, 0.15) is 0 Å². The summed E-state index contributed by atoms with van der Waals surface area (Å²) in [5, 5.41) is 12.5. The summed E-state index contributed by atoms with van der Waals surface area (Å²) in [6.45, 7) is 6.48. The molecule has 0 aliphatic heterocycles. The van der Waals surface area contributed by atoms with Crippen LogP contribution in [0.5, 0.6) is 0 Å². The van der Waals surface area contributed by atoms with E-state index in [-0.39, 0.29) is 24.0 Å². The van der Waals surface area contributed by atoms with Crippen molar-refractivity contribution in [1.29, 1.82) is 0 Å². The van der Waals surface area contributed by atoms with Crippen molar-refractivity contribution in [3.63, 3.8) is 0 Å². The summed E-state index contributed by atoms with van der Waals surface area (Å²) in [4.78, 5) is 11.7. The molecular weight excluding hydrogens is 202 g/mol. The van der Waals surface area contributed by atoms with Crippen molar-refractivity contribution < 1.29 is 9.90 Å². The molecule has 1 aliphatic rings. The average Bonchev–Trinajstić information content (AvgIpc) is 2.58. The van der Waals surface area contributed by atoms with Crippen LogP contribution in [-0.2, 0) is 4.79 Å². The van der Waals surface area contributed by atoms with Crippen LogP contribution in [-0.4, -0.2) is 23.7 Å². The predicted molar refractivity (Wildman–Crippen MR) is 65.0 cm³/mol. The highest BCUT2D eigenvalue weighted by Crippen LogP contribution is 2.37. The summed E-state index contributed by atoms with van der Waals surface area (Å²) >= 11 is 0. The molecule has 0 aromatic carbocycles. The smallest absolute Gasteiger partial charge is 0.220 e. The SMILES string of the molecule is CC(C)CCC(=O)NC1CCCC1(C)CO. The molecule has 94 valence electrons. The molecule has 2 atom stereocenters. The van der Waals surface area contributed by atoms with Crippen LogP contribution in [0.1, 0.15) is 52.9 Å². The van der Waals surface area contributed by atoms with Gasteiger partial charge >= 0.3 is 0 Å². The van der Waals surface area contributed by atoms with Crippen molar-refractivity contribution in [2.24, 2.45) is 11.3 Å². The molecule has 0 bridgehead atoms. The molecule has 0 spiro atoms. The van der Waals surface area contributed by atoms with E-state index in [4.69, 9.17) is 0 Å². The number of hydrogen-bond donors (Lipinski definition) is 2. The van der Waals surface area contributed by atoms with Gasteiger partial charge in [0.2, 0.25) is 5.91 Å². The first-order chi connectivity index (χ1) is 7.48. The molecule has 1 amide bonds. The fraction of sp³-hybridized carbons (Fsp3) is 0.923. The molecule has 1 fully saturated rings. The van der Waals surface area contributed by atoms with Crippen LogP contribution in [0.15, 0.2) is 0 Å². The highest BCUT2D eigenvalue weighted by molar-refractivity contribution is 5.76. The molecule has 1 rings (SSSR count). The molecule has 0 heterocycles. The van der Waals surface area contributed by atoms with Crippen LogP contribution in [0, 0.1) is 11.3 Å². The minimum absolute atomic E-state index is 0.104. The molecule has 16 heavy (non-hydrogen) atoms. The zero-order chi connectivity index (χ0) is 12.2. The van der Waals surface area contributed by atoms with E-state index in [1.807, 2.05) is 0 Å². The van der Waals surface area contributed by atoms with Crippen molar-refractivity contribution in [1.82, 2.24) is 5.32 Å². The van der Waals surface area contributed by atoms with Gasteiger partial charge in [0, 0.05) is 17.9 Å². The minimum Gasteiger partial charge on any atom is -0.396 e. The summed E-state index contributed by atoms with van der Waals surface area (Å²) in [6, 6.07) is 0.164. The van der Waals surface area contributed by atoms with Gasteiger partial charge in [0.15, 0.2) is 0 Å². The van der Waals surface area contributed by atoms with Gasteiger partial charge in [0.25, 0.3) is 0 Å². The molecule has 3 heteroatoms. The van der Waals surface area contributed by atoms with E-state index >= 15 is 0 Å². The number of aliphatic hydroxyl groups is 1. The fourth-order valence-electron chi connectivity index (χ4n) is 2.35. The van der Waals surface area contributed by atoms with Crippen LogP contribution < -0.4 is 5.32 Å². The van der Waals surface area contributed by atoms with Crippen LogP contribution in [0.2, 0.25) is 0 Å². The Hall–Kier alpha value is -0.570. The second-order valence-corrected chi connectivity index (χ2v) is 5.76. The zero-order valence-electron chi connectivity index (χ0n) is 10.8. The van der Waals surface area contributed by atoms with Crippen LogP contribution in [0.4, 0.5) is 0 Å². The Morgan fingerprint density at radius 2 is 2.25 bits per heavy atom. The summed E-state index contributed by atoms with van der Waals surface area (Å²) in [7, 11) is 0. The van der Waals surface area contributed by atoms with E-state index in [0.29, 0.717) is 12.3 Å². The van der Waals surface area contributed by atoms with Gasteiger partial charge in [-0.15, -0.1) is 0 Å². The number of aliphatic hydroxyl groups excluding tert-OH is 1. The molecule has 0 aromatic heterocycles. The second kappa shape index (κ2) is 5.67. The number of hydrogen-bond acceptors (Lipinski definition) is 2. The van der Waals surface area contributed by atoms with E-state index in [1.54, 1.807) is 0 Å². The average molecular weight is 227 g/mol. The first-order valence-electron chi connectivity index (χ1n) is 6.38. The molecule has 3 nitrogen and oxygen atoms in total. The van der Waals surface area contributed by atoms with Crippen molar-refractivity contribution in [2.45, 2.75) is 58.9 Å². The summed E-state index contributed by atoms with van der Waals surface area (Å²) in [5.41, 5.74) is -0.104. The van der Waals surface area contributed by atoms with E-state index in [2.05, 4.69) is 26.1 Å². The molecule has 0 aromatic rings. The number of amides is 1. The number of rotatable bonds is 5. The van der Waals surface area contributed by atoms with Crippen LogP contribution >= 0.6 is 0 Å².